The number of hydrogen-bond donors (Lipinski definition) is 2. The molecule has 0 saturated heterocycles. The zero-order valence-corrected chi connectivity index (χ0v) is 17.3. The highest BCUT2D eigenvalue weighted by Crippen LogP contribution is 2.30. The Hall–Kier alpha value is -2.63. The Kier molecular flexibility index (Phi) is 8.23. The van der Waals surface area contributed by atoms with Crippen molar-refractivity contribution in [1.29, 1.82) is 0 Å². The van der Waals surface area contributed by atoms with E-state index in [-0.39, 0.29) is 11.8 Å². The van der Waals surface area contributed by atoms with Crippen LogP contribution >= 0.6 is 22.9 Å². The largest absolute Gasteiger partial charge is 0.481 e. The van der Waals surface area contributed by atoms with E-state index in [1.165, 1.54) is 16.9 Å². The molecule has 0 fully saturated rings. The zero-order chi connectivity index (χ0) is 20.5. The average Bonchev–Trinajstić information content (AvgIpc) is 3.11. The van der Waals surface area contributed by atoms with Crippen molar-refractivity contribution in [3.8, 4) is 11.1 Å². The van der Waals surface area contributed by atoms with Crippen LogP contribution in [0, 0.1) is 0 Å². The fourth-order valence-corrected chi connectivity index (χ4v) is 3.51. The SMILES string of the molecule is CC(=O)O.CC(CC(=O)Nc1cc(-c2ccc(Cl)cc2)cs1)c1ccccc1. The normalized spacial score (nSPS) is 11.1. The zero-order valence-electron chi connectivity index (χ0n) is 15.7. The molecule has 0 aliphatic carbocycles. The van der Waals surface area contributed by atoms with Crippen molar-refractivity contribution in [2.75, 3.05) is 5.32 Å². The smallest absolute Gasteiger partial charge is 0.300 e. The van der Waals surface area contributed by atoms with Crippen LogP contribution in [0.2, 0.25) is 5.02 Å². The number of carbonyl (C=O) groups excluding carboxylic acids is 1. The Labute approximate surface area is 173 Å². The molecule has 0 radical (unpaired) electrons. The fourth-order valence-electron chi connectivity index (χ4n) is 2.56. The molecule has 0 saturated carbocycles. The van der Waals surface area contributed by atoms with Crippen LogP contribution in [0.5, 0.6) is 0 Å². The third-order valence-corrected chi connectivity index (χ3v) is 5.00. The molecule has 146 valence electrons. The van der Waals surface area contributed by atoms with Gasteiger partial charge in [-0.1, -0.05) is 61.0 Å². The van der Waals surface area contributed by atoms with Crippen molar-refractivity contribution in [2.24, 2.45) is 0 Å². The summed E-state index contributed by atoms with van der Waals surface area (Å²) in [4.78, 5) is 21.3. The number of nitrogens with one attached hydrogen (secondary N) is 1. The minimum Gasteiger partial charge on any atom is -0.481 e. The molecule has 4 nitrogen and oxygen atoms in total. The summed E-state index contributed by atoms with van der Waals surface area (Å²) < 4.78 is 0. The van der Waals surface area contributed by atoms with E-state index in [0.717, 1.165) is 28.1 Å². The third-order valence-electron chi connectivity index (χ3n) is 3.90. The molecule has 0 spiro atoms. The monoisotopic (exact) mass is 415 g/mol. The first-order valence-electron chi connectivity index (χ1n) is 8.74. The van der Waals surface area contributed by atoms with Crippen molar-refractivity contribution in [1.82, 2.24) is 0 Å². The van der Waals surface area contributed by atoms with Crippen LogP contribution in [-0.4, -0.2) is 17.0 Å². The Morgan fingerprint density at radius 2 is 1.68 bits per heavy atom. The van der Waals surface area contributed by atoms with Crippen LogP contribution in [0.4, 0.5) is 5.00 Å². The van der Waals surface area contributed by atoms with E-state index < -0.39 is 5.97 Å². The summed E-state index contributed by atoms with van der Waals surface area (Å²) in [6.45, 7) is 3.16. The number of carboxylic acid groups (broad SMARTS) is 1. The van der Waals surface area contributed by atoms with Gasteiger partial charge in [0.2, 0.25) is 5.91 Å². The summed E-state index contributed by atoms with van der Waals surface area (Å²) in [5.74, 6) is -0.599. The lowest BCUT2D eigenvalue weighted by Gasteiger charge is -2.11. The minimum atomic E-state index is -0.833. The third kappa shape index (κ3) is 7.18. The number of carbonyl (C=O) groups is 2. The van der Waals surface area contributed by atoms with E-state index in [1.54, 1.807) is 0 Å². The fraction of sp³-hybridized carbons (Fsp3) is 0.182. The minimum absolute atomic E-state index is 0.0378. The maximum absolute atomic E-state index is 12.3. The van der Waals surface area contributed by atoms with Crippen LogP contribution in [0.25, 0.3) is 11.1 Å². The van der Waals surface area contributed by atoms with Gasteiger partial charge in [-0.3, -0.25) is 9.59 Å². The van der Waals surface area contributed by atoms with Crippen molar-refractivity contribution in [3.63, 3.8) is 0 Å². The molecule has 0 bridgehead atoms. The van der Waals surface area contributed by atoms with Crippen LogP contribution in [0.1, 0.15) is 31.7 Å². The van der Waals surface area contributed by atoms with Crippen molar-refractivity contribution >= 4 is 39.8 Å². The lowest BCUT2D eigenvalue weighted by atomic mass is 9.98. The molecule has 2 N–H and O–H groups in total. The first kappa shape index (κ1) is 21.7. The van der Waals surface area contributed by atoms with E-state index in [4.69, 9.17) is 21.5 Å². The molecule has 1 heterocycles. The second-order valence-electron chi connectivity index (χ2n) is 6.29. The quantitative estimate of drug-likeness (QED) is 0.514. The van der Waals surface area contributed by atoms with Gasteiger partial charge in [-0.25, -0.2) is 0 Å². The van der Waals surface area contributed by atoms with E-state index >= 15 is 0 Å². The first-order valence-corrected chi connectivity index (χ1v) is 9.99. The Balaban J connectivity index is 0.000000640. The molecule has 1 unspecified atom stereocenters. The summed E-state index contributed by atoms with van der Waals surface area (Å²) in [7, 11) is 0. The molecule has 1 amide bonds. The first-order chi connectivity index (χ1) is 13.3. The lowest BCUT2D eigenvalue weighted by Crippen LogP contribution is -2.13. The van der Waals surface area contributed by atoms with Gasteiger partial charge in [0.15, 0.2) is 0 Å². The van der Waals surface area contributed by atoms with Gasteiger partial charge in [-0.2, -0.15) is 0 Å². The average molecular weight is 416 g/mol. The van der Waals surface area contributed by atoms with Gasteiger partial charge in [-0.05, 0) is 40.8 Å². The molecule has 3 aromatic rings. The number of carboxylic acids is 1. The number of hydrogen-bond acceptors (Lipinski definition) is 3. The Morgan fingerprint density at radius 3 is 2.29 bits per heavy atom. The molecule has 6 heteroatoms. The molecule has 1 aromatic heterocycles. The topological polar surface area (TPSA) is 66.4 Å². The van der Waals surface area contributed by atoms with E-state index in [1.807, 2.05) is 53.9 Å². The van der Waals surface area contributed by atoms with Gasteiger partial charge >= 0.3 is 0 Å². The second kappa shape index (κ2) is 10.6. The number of halogens is 1. The Bertz CT molecular complexity index is 903. The number of amides is 1. The molecular weight excluding hydrogens is 394 g/mol. The van der Waals surface area contributed by atoms with Crippen LogP contribution in [0.3, 0.4) is 0 Å². The van der Waals surface area contributed by atoms with Crippen LogP contribution in [-0.2, 0) is 9.59 Å². The van der Waals surface area contributed by atoms with Gasteiger partial charge < -0.3 is 10.4 Å². The Morgan fingerprint density at radius 1 is 1.07 bits per heavy atom. The van der Waals surface area contributed by atoms with Crippen molar-refractivity contribution in [3.05, 3.63) is 76.6 Å². The molecule has 28 heavy (non-hydrogen) atoms. The van der Waals surface area contributed by atoms with Gasteiger partial charge in [0.25, 0.3) is 5.97 Å². The molecule has 0 aliphatic rings. The molecule has 3 rings (SSSR count). The predicted octanol–water partition coefficient (Wildman–Crippen LogP) is 6.29. The van der Waals surface area contributed by atoms with Crippen molar-refractivity contribution in [2.45, 2.75) is 26.2 Å². The summed E-state index contributed by atoms with van der Waals surface area (Å²) in [5, 5.41) is 14.0. The van der Waals surface area contributed by atoms with Gasteiger partial charge in [0.05, 0.1) is 5.00 Å². The number of benzene rings is 2. The molecule has 1 atom stereocenters. The second-order valence-corrected chi connectivity index (χ2v) is 7.64. The van der Waals surface area contributed by atoms with Crippen molar-refractivity contribution < 1.29 is 14.7 Å². The van der Waals surface area contributed by atoms with Gasteiger partial charge in [0, 0.05) is 23.7 Å². The summed E-state index contributed by atoms with van der Waals surface area (Å²) in [5.41, 5.74) is 3.36. The van der Waals surface area contributed by atoms with Gasteiger partial charge in [0.1, 0.15) is 0 Å². The van der Waals surface area contributed by atoms with E-state index in [0.29, 0.717) is 6.42 Å². The lowest BCUT2D eigenvalue weighted by molar-refractivity contribution is -0.134. The van der Waals surface area contributed by atoms with E-state index in [9.17, 15) is 4.79 Å². The molecule has 0 aliphatic heterocycles. The van der Waals surface area contributed by atoms with Crippen LogP contribution in [0.15, 0.2) is 66.0 Å². The van der Waals surface area contributed by atoms with Crippen LogP contribution < -0.4 is 5.32 Å². The predicted molar refractivity (Wildman–Crippen MR) is 116 cm³/mol. The number of thiophene rings is 1. The van der Waals surface area contributed by atoms with E-state index in [2.05, 4.69) is 24.4 Å². The highest BCUT2D eigenvalue weighted by Gasteiger charge is 2.12. The highest BCUT2D eigenvalue weighted by atomic mass is 35.5. The standard InChI is InChI=1S/C20H18ClNOS.C2H4O2/c1-14(15-5-3-2-4-6-15)11-19(23)22-20-12-17(13-24-20)16-7-9-18(21)10-8-16;1-2(3)4/h2-10,12-14H,11H2,1H3,(H,22,23);1H3,(H,3,4). The number of anilines is 1. The number of aliphatic carboxylic acids is 1. The maximum Gasteiger partial charge on any atom is 0.300 e. The van der Waals surface area contributed by atoms with Gasteiger partial charge in [-0.15, -0.1) is 11.3 Å². The molecule has 2 aromatic carbocycles. The summed E-state index contributed by atoms with van der Waals surface area (Å²) >= 11 is 7.45. The highest BCUT2D eigenvalue weighted by molar-refractivity contribution is 7.14. The molecular formula is C22H22ClNO3S. The number of rotatable bonds is 5. The summed E-state index contributed by atoms with van der Waals surface area (Å²) in [6, 6.07) is 19.8. The summed E-state index contributed by atoms with van der Waals surface area (Å²) in [6.07, 6.45) is 0.470. The maximum atomic E-state index is 12.3.